The summed E-state index contributed by atoms with van der Waals surface area (Å²) in [6.07, 6.45) is 1.69. The molecule has 0 amide bonds. The Morgan fingerprint density at radius 1 is 1.42 bits per heavy atom. The van der Waals surface area contributed by atoms with Crippen molar-refractivity contribution in [1.29, 1.82) is 0 Å². The summed E-state index contributed by atoms with van der Waals surface area (Å²) in [4.78, 5) is 12.5. The number of fused-ring (bicyclic) bond motifs is 1. The van der Waals surface area contributed by atoms with Gasteiger partial charge in [0, 0.05) is 12.0 Å². The lowest BCUT2D eigenvalue weighted by Crippen LogP contribution is -2.47. The minimum absolute atomic E-state index is 0.0715. The highest BCUT2D eigenvalue weighted by Gasteiger charge is 2.48. The number of ether oxygens (including phenoxy) is 1. The fraction of sp³-hybridized carbons (Fsp3) is 0.500. The van der Waals surface area contributed by atoms with Crippen molar-refractivity contribution in [2.24, 2.45) is 0 Å². The molecule has 4 atom stereocenters. The van der Waals surface area contributed by atoms with E-state index < -0.39 is 28.4 Å². The van der Waals surface area contributed by atoms with Crippen LogP contribution in [-0.4, -0.2) is 52.7 Å². The molecule has 0 radical (unpaired) electrons. The maximum absolute atomic E-state index is 12.5. The Labute approximate surface area is 141 Å². The zero-order chi connectivity index (χ0) is 17.4. The summed E-state index contributed by atoms with van der Waals surface area (Å²) < 4.78 is 4.85. The van der Waals surface area contributed by atoms with E-state index in [2.05, 4.69) is 0 Å². The van der Waals surface area contributed by atoms with E-state index in [0.717, 1.165) is 0 Å². The molecule has 0 aliphatic carbocycles. The lowest BCUT2D eigenvalue weighted by Gasteiger charge is -2.40. The van der Waals surface area contributed by atoms with Crippen molar-refractivity contribution in [3.63, 3.8) is 0 Å². The first-order chi connectivity index (χ1) is 11.4. The maximum Gasteiger partial charge on any atom is 0.343 e. The van der Waals surface area contributed by atoms with Crippen molar-refractivity contribution >= 4 is 5.97 Å². The predicted octanol–water partition coefficient (Wildman–Crippen LogP) is 1.22. The van der Waals surface area contributed by atoms with Crippen LogP contribution in [0.4, 0.5) is 0 Å². The summed E-state index contributed by atoms with van der Waals surface area (Å²) in [7, 11) is 0. The number of hydroxylamine groups is 3. The van der Waals surface area contributed by atoms with E-state index in [1.807, 2.05) is 6.07 Å². The molecule has 3 rings (SSSR count). The summed E-state index contributed by atoms with van der Waals surface area (Å²) >= 11 is 0. The van der Waals surface area contributed by atoms with Crippen LogP contribution in [0, 0.1) is 5.21 Å². The molecule has 1 aromatic rings. The van der Waals surface area contributed by atoms with Gasteiger partial charge < -0.3 is 24.8 Å². The number of rotatable bonds is 5. The average molecular weight is 333 g/mol. The Kier molecular flexibility index (Phi) is 4.48. The Balaban J connectivity index is 1.69. The summed E-state index contributed by atoms with van der Waals surface area (Å²) in [5, 5.41) is 33.3. The zero-order valence-corrected chi connectivity index (χ0v) is 13.7. The Bertz CT molecular complexity index is 646. The van der Waals surface area contributed by atoms with E-state index in [4.69, 9.17) is 4.74 Å². The normalized spacial score (nSPS) is 31.2. The van der Waals surface area contributed by atoms with E-state index in [-0.39, 0.29) is 13.0 Å². The van der Waals surface area contributed by atoms with Gasteiger partial charge >= 0.3 is 5.97 Å². The van der Waals surface area contributed by atoms with Crippen LogP contribution >= 0.6 is 0 Å². The van der Waals surface area contributed by atoms with Crippen molar-refractivity contribution in [3.8, 4) is 0 Å². The number of hydrogen-bond donors (Lipinski definition) is 2. The largest absolute Gasteiger partial charge is 0.632 e. The molecule has 2 aliphatic heterocycles. The van der Waals surface area contributed by atoms with Gasteiger partial charge in [0.1, 0.15) is 18.8 Å². The highest BCUT2D eigenvalue weighted by Crippen LogP contribution is 2.36. The Morgan fingerprint density at radius 3 is 2.79 bits per heavy atom. The van der Waals surface area contributed by atoms with Gasteiger partial charge in [-0.15, -0.1) is 0 Å². The second-order valence-corrected chi connectivity index (χ2v) is 6.59. The molecule has 1 fully saturated rings. The quantitative estimate of drug-likeness (QED) is 0.366. The molecule has 0 saturated carbocycles. The number of benzene rings is 1. The van der Waals surface area contributed by atoms with Gasteiger partial charge in [0.05, 0.1) is 13.1 Å². The molecule has 0 bridgehead atoms. The van der Waals surface area contributed by atoms with Crippen LogP contribution in [0.15, 0.2) is 42.0 Å². The summed E-state index contributed by atoms with van der Waals surface area (Å²) in [5.74, 6) is -0.736. The SMILES string of the molecule is CC[C@@](O)(C(=O)OCC1=CC[N+]2([O-])CC[C@H](O)[C@@H]12)c1ccccc1. The summed E-state index contributed by atoms with van der Waals surface area (Å²) in [5.41, 5.74) is -0.583. The van der Waals surface area contributed by atoms with Gasteiger partial charge in [-0.2, -0.15) is 0 Å². The standard InChI is InChI=1S/C18H23NO5/c1-2-18(22,14-6-4-3-5-7-14)17(21)24-12-13-8-10-19(23)11-9-15(20)16(13)19/h3-8,15-16,20,22H,2,9-12H2,1H3/t15-,16+,18-,19?/m0/s1. The van der Waals surface area contributed by atoms with Crippen molar-refractivity contribution in [3.05, 3.63) is 52.8 Å². The molecule has 0 aromatic heterocycles. The molecule has 130 valence electrons. The van der Waals surface area contributed by atoms with E-state index >= 15 is 0 Å². The fourth-order valence-corrected chi connectivity index (χ4v) is 3.70. The van der Waals surface area contributed by atoms with Crippen molar-refractivity contribution in [2.45, 2.75) is 37.5 Å². The van der Waals surface area contributed by atoms with E-state index in [9.17, 15) is 20.2 Å². The van der Waals surface area contributed by atoms with Gasteiger partial charge in [0.2, 0.25) is 0 Å². The zero-order valence-electron chi connectivity index (χ0n) is 13.7. The van der Waals surface area contributed by atoms with Gasteiger partial charge in [-0.3, -0.25) is 0 Å². The number of quaternary nitrogens is 1. The van der Waals surface area contributed by atoms with Gasteiger partial charge in [-0.25, -0.2) is 4.79 Å². The number of aliphatic hydroxyl groups is 2. The van der Waals surface area contributed by atoms with Crippen LogP contribution in [0.1, 0.15) is 25.3 Å². The maximum atomic E-state index is 12.5. The number of nitrogens with zero attached hydrogens (tertiary/aromatic N) is 1. The minimum atomic E-state index is -1.71. The van der Waals surface area contributed by atoms with Crippen LogP contribution in [0.5, 0.6) is 0 Å². The van der Waals surface area contributed by atoms with Gasteiger partial charge in [0.25, 0.3) is 0 Å². The third kappa shape index (κ3) is 2.75. The Morgan fingerprint density at radius 2 is 2.12 bits per heavy atom. The van der Waals surface area contributed by atoms with Gasteiger partial charge in [-0.1, -0.05) is 37.3 Å². The molecule has 0 spiro atoms. The topological polar surface area (TPSA) is 89.8 Å². The van der Waals surface area contributed by atoms with Gasteiger partial charge in [0.15, 0.2) is 5.60 Å². The molecule has 1 unspecified atom stereocenters. The van der Waals surface area contributed by atoms with Crippen LogP contribution < -0.4 is 0 Å². The molecular weight excluding hydrogens is 310 g/mol. The Hall–Kier alpha value is -1.73. The second-order valence-electron chi connectivity index (χ2n) is 6.59. The first-order valence-corrected chi connectivity index (χ1v) is 8.30. The first kappa shape index (κ1) is 17.1. The fourth-order valence-electron chi connectivity index (χ4n) is 3.70. The van der Waals surface area contributed by atoms with Crippen LogP contribution in [-0.2, 0) is 15.1 Å². The van der Waals surface area contributed by atoms with E-state index in [1.54, 1.807) is 37.3 Å². The van der Waals surface area contributed by atoms with Crippen molar-refractivity contribution < 1.29 is 24.4 Å². The molecule has 1 saturated heterocycles. The molecule has 24 heavy (non-hydrogen) atoms. The highest BCUT2D eigenvalue weighted by molar-refractivity contribution is 5.81. The molecule has 2 heterocycles. The highest BCUT2D eigenvalue weighted by atomic mass is 16.6. The third-order valence-electron chi connectivity index (χ3n) is 5.19. The van der Waals surface area contributed by atoms with E-state index in [0.29, 0.717) is 30.6 Å². The molecule has 2 N–H and O–H groups in total. The summed E-state index contributed by atoms with van der Waals surface area (Å²) in [6, 6.07) is 8.12. The number of carbonyl (C=O) groups excluding carboxylic acids is 1. The van der Waals surface area contributed by atoms with E-state index in [1.165, 1.54) is 0 Å². The summed E-state index contributed by atoms with van der Waals surface area (Å²) in [6.45, 7) is 2.31. The third-order valence-corrected chi connectivity index (χ3v) is 5.19. The number of aliphatic hydroxyl groups excluding tert-OH is 1. The molecule has 6 nitrogen and oxygen atoms in total. The van der Waals surface area contributed by atoms with Crippen molar-refractivity contribution in [1.82, 2.24) is 0 Å². The predicted molar refractivity (Wildman–Crippen MR) is 87.4 cm³/mol. The lowest BCUT2D eigenvalue weighted by atomic mass is 9.91. The first-order valence-electron chi connectivity index (χ1n) is 8.30. The van der Waals surface area contributed by atoms with Crippen LogP contribution in [0.2, 0.25) is 0 Å². The average Bonchev–Trinajstić information content (AvgIpc) is 3.09. The molecule has 1 aromatic carbocycles. The number of carbonyl (C=O) groups is 1. The lowest BCUT2D eigenvalue weighted by molar-refractivity contribution is -0.877. The molecular formula is C18H23NO5. The monoisotopic (exact) mass is 333 g/mol. The molecule has 6 heteroatoms. The molecule has 2 aliphatic rings. The van der Waals surface area contributed by atoms with Crippen molar-refractivity contribution in [2.75, 3.05) is 19.7 Å². The minimum Gasteiger partial charge on any atom is -0.632 e. The second kappa shape index (κ2) is 6.29. The smallest absolute Gasteiger partial charge is 0.343 e. The van der Waals surface area contributed by atoms with Crippen LogP contribution in [0.25, 0.3) is 0 Å². The number of esters is 1. The van der Waals surface area contributed by atoms with Crippen LogP contribution in [0.3, 0.4) is 0 Å². The number of hydrogen-bond acceptors (Lipinski definition) is 5. The van der Waals surface area contributed by atoms with Gasteiger partial charge in [-0.05, 0) is 18.1 Å².